The predicted octanol–water partition coefficient (Wildman–Crippen LogP) is -0.642. The molecular weight excluding hydrogens is 330 g/mol. The van der Waals surface area contributed by atoms with Gasteiger partial charge in [-0.05, 0) is 17.7 Å². The van der Waals surface area contributed by atoms with Crippen LogP contribution < -0.4 is 10.1 Å². The van der Waals surface area contributed by atoms with E-state index in [0.717, 1.165) is 0 Å². The van der Waals surface area contributed by atoms with Crippen LogP contribution in [0.5, 0.6) is 5.75 Å². The van der Waals surface area contributed by atoms with Gasteiger partial charge in [0.15, 0.2) is 6.29 Å². The first kappa shape index (κ1) is 19.0. The normalized spacial score (nSPS) is 12.7. The minimum atomic E-state index is -4.25. The fourth-order valence-electron chi connectivity index (χ4n) is 1.69. The van der Waals surface area contributed by atoms with Gasteiger partial charge in [-0.2, -0.15) is 8.42 Å². The first-order valence-corrected chi connectivity index (χ1v) is 8.08. The lowest BCUT2D eigenvalue weighted by molar-refractivity contribution is -0.134. The highest BCUT2D eigenvalue weighted by Gasteiger charge is 2.20. The summed E-state index contributed by atoms with van der Waals surface area (Å²) in [6.45, 7) is 1.22. The number of carbonyl (C=O) groups excluding carboxylic acids is 2. The largest absolute Gasteiger partial charge is 0.427 e. The van der Waals surface area contributed by atoms with E-state index < -0.39 is 46.5 Å². The molecule has 0 aromatic heterocycles. The van der Waals surface area contributed by atoms with E-state index in [4.69, 9.17) is 9.29 Å². The Bertz CT molecular complexity index is 653. The molecule has 1 aromatic rings. The second-order valence-electron chi connectivity index (χ2n) is 4.67. The number of nitrogens with one attached hydrogen (secondary N) is 1. The zero-order valence-electron chi connectivity index (χ0n) is 12.2. The van der Waals surface area contributed by atoms with Gasteiger partial charge in [0.1, 0.15) is 11.8 Å². The van der Waals surface area contributed by atoms with Crippen LogP contribution in [0.4, 0.5) is 0 Å². The zero-order valence-corrected chi connectivity index (χ0v) is 13.0. The molecule has 0 spiro atoms. The summed E-state index contributed by atoms with van der Waals surface area (Å²) in [6, 6.07) is 4.46. The van der Waals surface area contributed by atoms with Gasteiger partial charge in [0.25, 0.3) is 10.1 Å². The van der Waals surface area contributed by atoms with Crippen molar-refractivity contribution in [3.8, 4) is 5.75 Å². The molecule has 0 aliphatic carbocycles. The molecule has 0 radical (unpaired) electrons. The van der Waals surface area contributed by atoms with Gasteiger partial charge in [-0.3, -0.25) is 14.1 Å². The smallest absolute Gasteiger partial charge is 0.312 e. The molecule has 128 valence electrons. The zero-order chi connectivity index (χ0) is 17.6. The van der Waals surface area contributed by atoms with Crippen LogP contribution in [0.3, 0.4) is 0 Å². The number of hydrogen-bond acceptors (Lipinski definition) is 7. The van der Waals surface area contributed by atoms with Crippen molar-refractivity contribution in [2.75, 3.05) is 5.75 Å². The molecule has 1 atom stereocenters. The minimum absolute atomic E-state index is 0.100. The Morgan fingerprint density at radius 3 is 2.22 bits per heavy atom. The van der Waals surface area contributed by atoms with Crippen molar-refractivity contribution in [2.24, 2.45) is 0 Å². The predicted molar refractivity (Wildman–Crippen MR) is 77.9 cm³/mol. The summed E-state index contributed by atoms with van der Waals surface area (Å²) in [6.07, 6.45) is -2.33. The third-order valence-electron chi connectivity index (χ3n) is 2.69. The molecule has 4 N–H and O–H groups in total. The van der Waals surface area contributed by atoms with Gasteiger partial charge >= 0.3 is 5.97 Å². The maximum atomic E-state index is 11.4. The van der Waals surface area contributed by atoms with Crippen molar-refractivity contribution in [1.82, 2.24) is 5.32 Å². The van der Waals surface area contributed by atoms with Crippen molar-refractivity contribution in [1.29, 1.82) is 0 Å². The Hall–Kier alpha value is -2.01. The Morgan fingerprint density at radius 2 is 1.78 bits per heavy atom. The van der Waals surface area contributed by atoms with E-state index in [9.17, 15) is 28.2 Å². The van der Waals surface area contributed by atoms with E-state index in [1.165, 1.54) is 31.2 Å². The first-order chi connectivity index (χ1) is 10.6. The topological polar surface area (TPSA) is 150 Å². The van der Waals surface area contributed by atoms with E-state index in [1.807, 2.05) is 0 Å². The van der Waals surface area contributed by atoms with Crippen LogP contribution in [0.15, 0.2) is 24.3 Å². The molecule has 1 rings (SSSR count). The molecule has 1 aromatic carbocycles. The van der Waals surface area contributed by atoms with Crippen molar-refractivity contribution in [3.05, 3.63) is 29.8 Å². The number of benzene rings is 1. The number of aliphatic hydroxyl groups excluding tert-OH is 1. The summed E-state index contributed by atoms with van der Waals surface area (Å²) in [5, 5.41) is 20.9. The van der Waals surface area contributed by atoms with Gasteiger partial charge in [0.05, 0.1) is 12.2 Å². The number of ether oxygens (including phenoxy) is 1. The third kappa shape index (κ3) is 7.19. The highest BCUT2D eigenvalue weighted by molar-refractivity contribution is 7.85. The standard InChI is InChI=1S/C13H17NO8S/c1-8(15)14-12(13(17)18)9-2-4-10(5-3-9)22-11(16)6-7-23(19,20)21/h2-5,12-13,17-18H,6-7H2,1H3,(H,14,15)(H,19,20,21). The maximum Gasteiger partial charge on any atom is 0.312 e. The Labute approximate surface area is 132 Å². The fourth-order valence-corrected chi connectivity index (χ4v) is 2.11. The Kier molecular flexibility index (Phi) is 6.63. The van der Waals surface area contributed by atoms with Gasteiger partial charge < -0.3 is 20.3 Å². The molecule has 0 fully saturated rings. The van der Waals surface area contributed by atoms with Gasteiger partial charge in [-0.25, -0.2) is 0 Å². The second-order valence-corrected chi connectivity index (χ2v) is 6.24. The van der Waals surface area contributed by atoms with Crippen molar-refractivity contribution < 1.29 is 37.5 Å². The number of amides is 1. The number of rotatable bonds is 7. The van der Waals surface area contributed by atoms with E-state index in [2.05, 4.69) is 5.32 Å². The molecule has 0 aliphatic rings. The van der Waals surface area contributed by atoms with Crippen LogP contribution in [0.1, 0.15) is 24.9 Å². The lowest BCUT2D eigenvalue weighted by Gasteiger charge is -2.20. The lowest BCUT2D eigenvalue weighted by Crippen LogP contribution is -2.34. The van der Waals surface area contributed by atoms with Crippen molar-refractivity contribution >= 4 is 22.0 Å². The summed E-state index contributed by atoms with van der Waals surface area (Å²) >= 11 is 0. The molecular formula is C13H17NO8S. The number of esters is 1. The molecule has 0 aliphatic heterocycles. The average Bonchev–Trinajstić information content (AvgIpc) is 2.42. The monoisotopic (exact) mass is 347 g/mol. The Morgan fingerprint density at radius 1 is 1.22 bits per heavy atom. The molecule has 9 nitrogen and oxygen atoms in total. The molecule has 10 heteroatoms. The number of aliphatic hydroxyl groups is 2. The number of hydrogen-bond donors (Lipinski definition) is 4. The summed E-state index contributed by atoms with van der Waals surface area (Å²) in [7, 11) is -4.25. The average molecular weight is 347 g/mol. The minimum Gasteiger partial charge on any atom is -0.427 e. The van der Waals surface area contributed by atoms with Gasteiger partial charge in [-0.1, -0.05) is 12.1 Å². The lowest BCUT2D eigenvalue weighted by atomic mass is 10.1. The summed E-state index contributed by atoms with van der Waals surface area (Å²) in [5.41, 5.74) is 0.368. The fraction of sp³-hybridized carbons (Fsp3) is 0.385. The van der Waals surface area contributed by atoms with Gasteiger partial charge in [-0.15, -0.1) is 0 Å². The van der Waals surface area contributed by atoms with Crippen molar-refractivity contribution in [2.45, 2.75) is 25.7 Å². The maximum absolute atomic E-state index is 11.4. The highest BCUT2D eigenvalue weighted by Crippen LogP contribution is 2.20. The molecule has 0 saturated heterocycles. The number of carbonyl (C=O) groups is 2. The van der Waals surface area contributed by atoms with E-state index >= 15 is 0 Å². The SMILES string of the molecule is CC(=O)NC(c1ccc(OC(=O)CCS(=O)(=O)O)cc1)C(O)O. The van der Waals surface area contributed by atoms with Crippen LogP contribution in [-0.2, 0) is 19.7 Å². The van der Waals surface area contributed by atoms with Crippen LogP contribution in [0.2, 0.25) is 0 Å². The molecule has 0 bridgehead atoms. The summed E-state index contributed by atoms with van der Waals surface area (Å²) in [5.74, 6) is -1.95. The van der Waals surface area contributed by atoms with Crippen LogP contribution >= 0.6 is 0 Å². The molecule has 1 amide bonds. The molecule has 23 heavy (non-hydrogen) atoms. The third-order valence-corrected chi connectivity index (χ3v) is 3.41. The van der Waals surface area contributed by atoms with Crippen molar-refractivity contribution in [3.63, 3.8) is 0 Å². The summed E-state index contributed by atoms with van der Waals surface area (Å²) in [4.78, 5) is 22.4. The van der Waals surface area contributed by atoms with Crippen LogP contribution in [0, 0.1) is 0 Å². The highest BCUT2D eigenvalue weighted by atomic mass is 32.2. The van der Waals surface area contributed by atoms with E-state index in [1.54, 1.807) is 0 Å². The quantitative estimate of drug-likeness (QED) is 0.220. The van der Waals surface area contributed by atoms with E-state index in [-0.39, 0.29) is 5.75 Å². The molecule has 1 unspecified atom stereocenters. The molecule has 0 saturated carbocycles. The van der Waals surface area contributed by atoms with Crippen LogP contribution in [0.25, 0.3) is 0 Å². The van der Waals surface area contributed by atoms with Gasteiger partial charge in [0.2, 0.25) is 5.91 Å². The van der Waals surface area contributed by atoms with Gasteiger partial charge in [0, 0.05) is 6.92 Å². The second kappa shape index (κ2) is 8.02. The van der Waals surface area contributed by atoms with E-state index in [0.29, 0.717) is 5.56 Å². The summed E-state index contributed by atoms with van der Waals surface area (Å²) < 4.78 is 34.4. The molecule has 0 heterocycles. The Balaban J connectivity index is 2.72. The first-order valence-electron chi connectivity index (χ1n) is 6.47. The van der Waals surface area contributed by atoms with Crippen LogP contribution in [-0.4, -0.2) is 47.1 Å².